The van der Waals surface area contributed by atoms with E-state index in [4.69, 9.17) is 56.8 Å². The first kappa shape index (κ1) is 87.1. The van der Waals surface area contributed by atoms with Gasteiger partial charge in [-0.05, 0) is 255 Å². The molecule has 13 aliphatic rings. The highest BCUT2D eigenvalue weighted by Crippen LogP contribution is 2.62. The van der Waals surface area contributed by atoms with Gasteiger partial charge in [0.25, 0.3) is 0 Å². The van der Waals surface area contributed by atoms with Gasteiger partial charge >= 0.3 is 35.8 Å². The molecule has 15 rings (SSSR count). The van der Waals surface area contributed by atoms with Crippen molar-refractivity contribution in [2.24, 2.45) is 65.1 Å². The number of carbonyl (C=O) groups is 6. The molecule has 12 bridgehead atoms. The summed E-state index contributed by atoms with van der Waals surface area (Å²) < 4.78 is 65.9. The lowest BCUT2D eigenvalue weighted by Crippen LogP contribution is -2.64. The second kappa shape index (κ2) is 39.0. The molecule has 13 fully saturated rings. The first-order valence-corrected chi connectivity index (χ1v) is 39.2. The Bertz CT molecular complexity index is 3350. The summed E-state index contributed by atoms with van der Waals surface area (Å²) in [6, 6.07) is 13.4. The minimum Gasteiger partial charge on any atom is -0.465 e. The molecule has 2 heterocycles. The lowest BCUT2D eigenvalue weighted by Gasteiger charge is -2.61. The van der Waals surface area contributed by atoms with Gasteiger partial charge in [0.05, 0.1) is 17.1 Å². The van der Waals surface area contributed by atoms with Crippen molar-refractivity contribution in [1.82, 2.24) is 0 Å². The molecule has 0 spiro atoms. The highest BCUT2D eigenvalue weighted by molar-refractivity contribution is 5.89. The van der Waals surface area contributed by atoms with Crippen LogP contribution in [0.2, 0.25) is 0 Å². The van der Waals surface area contributed by atoms with Crippen molar-refractivity contribution in [2.75, 3.05) is 26.4 Å². The fourth-order valence-corrected chi connectivity index (χ4v) is 18.6. The van der Waals surface area contributed by atoms with Crippen molar-refractivity contribution in [3.8, 4) is 17.2 Å². The number of aliphatic hydroxyl groups is 2. The summed E-state index contributed by atoms with van der Waals surface area (Å²) in [6.45, 7) is 49.9. The molecule has 2 saturated heterocycles. The molecule has 2 aromatic rings. The molecule has 0 radical (unpaired) electrons. The van der Waals surface area contributed by atoms with E-state index in [1.807, 2.05) is 84.0 Å². The molecular weight excluding hydrogens is 1360 g/mol. The molecule has 8 unspecified atom stereocenters. The summed E-state index contributed by atoms with van der Waals surface area (Å²) in [5, 5.41) is 20.8. The summed E-state index contributed by atoms with van der Waals surface area (Å²) in [5.41, 5.74) is 1.81. The zero-order valence-corrected chi connectivity index (χ0v) is 66.6. The van der Waals surface area contributed by atoms with Gasteiger partial charge in [-0.1, -0.05) is 97.5 Å². The first-order valence-electron chi connectivity index (χ1n) is 39.2. The Morgan fingerprint density at radius 1 is 0.533 bits per heavy atom. The standard InChI is InChI=1S/C17H26O2.C16H20O6.C16H24O4.C14H20O4.C12H20O2.C12H16O2/c1-10(2)16(18)19-17(11(3)4)14-6-12-5-13(8-14)9-15(17)7-12;1-8(2)15(18)20-7-13(17)22-14-10-3-9-4-11(6-10)16(19)21-12(14)5-9;1-6-14-9-10-15(19-12(4)17-7-2)16(11-14)20-13(5)18-8-3;1-8(2)12(15)18-11-9-3-13(16)5-10(11)6-14(17,4-9)7-13;1-9(2)11(13)14-12(10(3)4)7-5-6-8-12;1-4-11-6-8-12(9-7-11)14-10(3)13-5-2/h11-15H,1,5-9H2,2-4H3;9-12,14H,1,3-7H2,2H3;6,9-13H,1,7-8H2,2-5H3;9-11,16-17H,1,3-7H2,2H3;10H,1,5-8H2,2-4H3;4,6-10H,1,5H2,2-3H3. The Kier molecular flexibility index (Phi) is 31.8. The van der Waals surface area contributed by atoms with Crippen LogP contribution in [-0.4, -0.2) is 132 Å². The normalized spacial score (nSPS) is 30.0. The SMILES string of the molecule is C=C(C)C(=O)OC1(C(C)C)C2CC3CC(C2)CC1C3.C=C(C)C(=O)OC1(C(C)C)CCCC1.C=C(C)C(=O)OC1C2CC3(O)CC1CC(O)(C2)C3.C=C(C)C(=O)OCC(=O)OC1C2CC3CC(C2)C(=O)OC1C3.C=Cc1ccc(OC(C)OCC)c(OC(C)OCC)c1.C=Cc1ccc(OC(C)OCC)cc1. The first-order chi connectivity index (χ1) is 50.5. The fraction of sp³-hybridized carbons (Fsp3) is 0.655. The molecule has 107 heavy (non-hydrogen) atoms. The summed E-state index contributed by atoms with van der Waals surface area (Å²) in [7, 11) is 0. The van der Waals surface area contributed by atoms with E-state index >= 15 is 0 Å². The molecule has 11 saturated carbocycles. The van der Waals surface area contributed by atoms with E-state index in [0.29, 0.717) is 110 Å². The minimum absolute atomic E-state index is 0.0568. The van der Waals surface area contributed by atoms with Gasteiger partial charge in [-0.2, -0.15) is 0 Å². The highest BCUT2D eigenvalue weighted by atomic mass is 16.7. The monoisotopic (exact) mass is 1490 g/mol. The average Bonchev–Trinajstić information content (AvgIpc) is 0.898. The third kappa shape index (κ3) is 23.5. The Morgan fingerprint density at radius 3 is 1.49 bits per heavy atom. The quantitative estimate of drug-likeness (QED) is 0.0384. The molecule has 0 amide bonds. The van der Waals surface area contributed by atoms with Crippen molar-refractivity contribution in [3.63, 3.8) is 0 Å². The Balaban J connectivity index is 0.000000180. The number of benzene rings is 2. The van der Waals surface area contributed by atoms with Crippen LogP contribution < -0.4 is 14.2 Å². The van der Waals surface area contributed by atoms with E-state index < -0.39 is 35.9 Å². The molecule has 2 aliphatic heterocycles. The van der Waals surface area contributed by atoms with Crippen molar-refractivity contribution >= 4 is 48.0 Å². The number of carbonyl (C=O) groups excluding carboxylic acids is 6. The molecular formula is C87H126O20. The van der Waals surface area contributed by atoms with Crippen LogP contribution in [0.5, 0.6) is 17.2 Å². The Morgan fingerprint density at radius 2 is 1.01 bits per heavy atom. The fourth-order valence-electron chi connectivity index (χ4n) is 18.6. The molecule has 8 atom stereocenters. The number of fused-ring (bicyclic) bond motifs is 1. The lowest BCUT2D eigenvalue weighted by atomic mass is 9.47. The predicted octanol–water partition coefficient (Wildman–Crippen LogP) is 16.5. The number of hydrogen-bond donors (Lipinski definition) is 2. The van der Waals surface area contributed by atoms with Gasteiger partial charge in [-0.15, -0.1) is 0 Å². The van der Waals surface area contributed by atoms with Gasteiger partial charge in [0.2, 0.25) is 0 Å². The van der Waals surface area contributed by atoms with Crippen LogP contribution >= 0.6 is 0 Å². The smallest absolute Gasteiger partial charge is 0.344 e. The average molecular weight is 1490 g/mol. The van der Waals surface area contributed by atoms with Crippen molar-refractivity contribution in [3.05, 3.63) is 115 Å². The van der Waals surface area contributed by atoms with Gasteiger partial charge in [0.15, 0.2) is 37.0 Å². The van der Waals surface area contributed by atoms with Gasteiger partial charge in [-0.3, -0.25) is 4.79 Å². The third-order valence-electron chi connectivity index (χ3n) is 23.0. The van der Waals surface area contributed by atoms with E-state index in [2.05, 4.69) is 67.2 Å². The van der Waals surface area contributed by atoms with Gasteiger partial charge in [0, 0.05) is 66.3 Å². The minimum atomic E-state index is -0.743. The highest BCUT2D eigenvalue weighted by Gasteiger charge is 2.63. The second-order valence-electron chi connectivity index (χ2n) is 32.3. The maximum absolute atomic E-state index is 12.1. The lowest BCUT2D eigenvalue weighted by molar-refractivity contribution is -0.240. The van der Waals surface area contributed by atoms with E-state index in [1.165, 1.54) is 51.9 Å². The van der Waals surface area contributed by atoms with Gasteiger partial charge in [0.1, 0.15) is 35.3 Å². The van der Waals surface area contributed by atoms with Crippen LogP contribution in [0.1, 0.15) is 224 Å². The van der Waals surface area contributed by atoms with Crippen LogP contribution in [-0.2, 0) is 71.4 Å². The third-order valence-corrected chi connectivity index (χ3v) is 23.0. The maximum Gasteiger partial charge on any atom is 0.344 e. The Hall–Kier alpha value is -7.10. The largest absolute Gasteiger partial charge is 0.465 e. The van der Waals surface area contributed by atoms with Crippen molar-refractivity contribution in [1.29, 1.82) is 0 Å². The zero-order chi connectivity index (χ0) is 78.9. The molecule has 20 nitrogen and oxygen atoms in total. The number of ether oxygens (including phenoxy) is 12. The van der Waals surface area contributed by atoms with E-state index in [1.54, 1.807) is 32.9 Å². The molecule has 20 heteroatoms. The maximum atomic E-state index is 12.1. The van der Waals surface area contributed by atoms with Crippen LogP contribution in [0.15, 0.2) is 104 Å². The van der Waals surface area contributed by atoms with Crippen molar-refractivity contribution < 1.29 is 95.8 Å². The molecule has 2 aromatic carbocycles. The van der Waals surface area contributed by atoms with E-state index in [9.17, 15) is 39.0 Å². The van der Waals surface area contributed by atoms with Crippen LogP contribution in [0.3, 0.4) is 0 Å². The molecule has 594 valence electrons. The zero-order valence-electron chi connectivity index (χ0n) is 66.6. The topological polar surface area (TPSA) is 254 Å². The number of rotatable bonds is 26. The molecule has 2 N–H and O–H groups in total. The number of esters is 6. The molecule has 11 aliphatic carbocycles. The second-order valence-corrected chi connectivity index (χ2v) is 32.3. The predicted molar refractivity (Wildman–Crippen MR) is 410 cm³/mol. The van der Waals surface area contributed by atoms with Gasteiger partial charge < -0.3 is 67.1 Å². The van der Waals surface area contributed by atoms with Crippen LogP contribution in [0.4, 0.5) is 0 Å². The van der Waals surface area contributed by atoms with Crippen LogP contribution in [0, 0.1) is 65.1 Å². The Labute approximate surface area is 637 Å². The summed E-state index contributed by atoms with van der Waals surface area (Å²) in [5.74, 6) is 4.45. The van der Waals surface area contributed by atoms with E-state index in [0.717, 1.165) is 67.2 Å². The van der Waals surface area contributed by atoms with Crippen molar-refractivity contribution in [2.45, 2.75) is 272 Å². The summed E-state index contributed by atoms with van der Waals surface area (Å²) in [4.78, 5) is 70.4. The summed E-state index contributed by atoms with van der Waals surface area (Å²) in [6.07, 6.45) is 19.0. The number of hydrogen-bond acceptors (Lipinski definition) is 20. The summed E-state index contributed by atoms with van der Waals surface area (Å²) >= 11 is 0. The molecule has 0 aromatic heterocycles. The van der Waals surface area contributed by atoms with E-state index in [-0.39, 0.29) is 95.4 Å². The van der Waals surface area contributed by atoms with Gasteiger partial charge in [-0.25, -0.2) is 24.0 Å². The van der Waals surface area contributed by atoms with Crippen LogP contribution in [0.25, 0.3) is 12.2 Å².